The molecule has 5 aromatic rings. The number of pyridine rings is 1. The number of thiazole rings is 1. The van der Waals surface area contributed by atoms with Crippen LogP contribution in [0.1, 0.15) is 15.9 Å². The largest absolute Gasteiger partial charge is 0.356 e. The molecule has 5 rings (SSSR count). The van der Waals surface area contributed by atoms with Crippen LogP contribution < -0.4 is 5.32 Å². The molecule has 0 saturated carbocycles. The third kappa shape index (κ3) is 3.58. The number of carbonyl (C=O) groups excluding carboxylic acids is 1. The summed E-state index contributed by atoms with van der Waals surface area (Å²) in [5, 5.41) is 10.7. The highest BCUT2D eigenvalue weighted by molar-refractivity contribution is 7.13. The number of aromatic nitrogens is 3. The van der Waals surface area contributed by atoms with E-state index in [1.54, 1.807) is 41.9 Å². The van der Waals surface area contributed by atoms with Crippen molar-refractivity contribution in [2.75, 3.05) is 0 Å². The number of hydrogen-bond donors (Lipinski definition) is 1. The first-order valence-corrected chi connectivity index (χ1v) is 10.2. The first-order chi connectivity index (χ1) is 14.8. The fourth-order valence-electron chi connectivity index (χ4n) is 3.15. The monoisotopic (exact) mass is 412 g/mol. The third-order valence-corrected chi connectivity index (χ3v) is 5.59. The fraction of sp³-hybridized carbons (Fsp3) is 0.0435. The van der Waals surface area contributed by atoms with Crippen LogP contribution in [0.5, 0.6) is 0 Å². The van der Waals surface area contributed by atoms with Gasteiger partial charge in [-0.1, -0.05) is 35.5 Å². The summed E-state index contributed by atoms with van der Waals surface area (Å²) in [4.78, 5) is 21.3. The van der Waals surface area contributed by atoms with Crippen LogP contribution >= 0.6 is 11.3 Å². The van der Waals surface area contributed by atoms with Crippen molar-refractivity contribution in [2.24, 2.45) is 0 Å². The Labute approximate surface area is 176 Å². The van der Waals surface area contributed by atoms with Gasteiger partial charge in [-0.25, -0.2) is 4.98 Å². The van der Waals surface area contributed by atoms with E-state index in [1.165, 1.54) is 0 Å². The van der Waals surface area contributed by atoms with Crippen molar-refractivity contribution in [2.45, 2.75) is 6.54 Å². The van der Waals surface area contributed by atoms with Gasteiger partial charge in [-0.15, -0.1) is 11.3 Å². The molecule has 2 aromatic carbocycles. The zero-order chi connectivity index (χ0) is 20.3. The van der Waals surface area contributed by atoms with E-state index in [9.17, 15) is 4.79 Å². The molecule has 6 nitrogen and oxygen atoms in total. The van der Waals surface area contributed by atoms with E-state index in [-0.39, 0.29) is 5.91 Å². The van der Waals surface area contributed by atoms with Crippen LogP contribution in [0.2, 0.25) is 0 Å². The minimum atomic E-state index is -0.163. The molecule has 3 aromatic heterocycles. The molecule has 0 unspecified atom stereocenters. The number of carbonyl (C=O) groups is 1. The molecule has 0 aliphatic heterocycles. The second-order valence-electron chi connectivity index (χ2n) is 6.68. The average Bonchev–Trinajstić information content (AvgIpc) is 3.45. The molecule has 0 spiro atoms. The summed E-state index contributed by atoms with van der Waals surface area (Å²) < 4.78 is 5.46. The van der Waals surface area contributed by atoms with Gasteiger partial charge in [0.15, 0.2) is 5.58 Å². The summed E-state index contributed by atoms with van der Waals surface area (Å²) in [6.45, 7) is 0.433. The Kier molecular flexibility index (Phi) is 4.78. The SMILES string of the molecule is O=C(NCc1ccncc1)c1ccc2onc(-c3csc(-c4ccccc4)n3)c2c1. The van der Waals surface area contributed by atoms with Gasteiger partial charge in [0.05, 0.1) is 5.39 Å². The number of rotatable bonds is 5. The third-order valence-electron chi connectivity index (χ3n) is 4.70. The molecule has 0 radical (unpaired) electrons. The number of fused-ring (bicyclic) bond motifs is 1. The molecule has 146 valence electrons. The predicted molar refractivity (Wildman–Crippen MR) is 116 cm³/mol. The standard InChI is InChI=1S/C23H16N4O2S/c28-22(25-13-15-8-10-24-11-9-15)17-6-7-20-18(12-17)21(27-29-20)19-14-30-23(26-19)16-4-2-1-3-5-16/h1-12,14H,13H2,(H,25,28). The lowest BCUT2D eigenvalue weighted by molar-refractivity contribution is 0.0951. The van der Waals surface area contributed by atoms with Gasteiger partial charge in [0, 0.05) is 35.4 Å². The zero-order valence-electron chi connectivity index (χ0n) is 15.8. The first kappa shape index (κ1) is 18.2. The minimum absolute atomic E-state index is 0.163. The second kappa shape index (κ2) is 7.88. The minimum Gasteiger partial charge on any atom is -0.356 e. The molecule has 0 aliphatic carbocycles. The van der Waals surface area contributed by atoms with Crippen LogP contribution in [0, 0.1) is 0 Å². The highest BCUT2D eigenvalue weighted by atomic mass is 32.1. The van der Waals surface area contributed by atoms with E-state index in [0.717, 1.165) is 27.2 Å². The molecule has 1 amide bonds. The lowest BCUT2D eigenvalue weighted by atomic mass is 10.1. The summed E-state index contributed by atoms with van der Waals surface area (Å²) >= 11 is 1.55. The molecule has 0 atom stereocenters. The average molecular weight is 412 g/mol. The number of hydrogen-bond acceptors (Lipinski definition) is 6. The van der Waals surface area contributed by atoms with Crippen molar-refractivity contribution in [3.05, 3.63) is 89.6 Å². The molecule has 0 aliphatic rings. The van der Waals surface area contributed by atoms with E-state index in [4.69, 9.17) is 9.51 Å². The van der Waals surface area contributed by atoms with Crippen LogP contribution in [0.15, 0.2) is 83.0 Å². The van der Waals surface area contributed by atoms with Crippen molar-refractivity contribution in [3.63, 3.8) is 0 Å². The van der Waals surface area contributed by atoms with Gasteiger partial charge in [0.25, 0.3) is 5.91 Å². The Bertz CT molecular complexity index is 1310. The van der Waals surface area contributed by atoms with Crippen molar-refractivity contribution in [3.8, 4) is 22.0 Å². The number of benzene rings is 2. The van der Waals surface area contributed by atoms with E-state index < -0.39 is 0 Å². The Morgan fingerprint density at radius 2 is 1.87 bits per heavy atom. The smallest absolute Gasteiger partial charge is 0.251 e. The highest BCUT2D eigenvalue weighted by Gasteiger charge is 2.16. The van der Waals surface area contributed by atoms with E-state index in [0.29, 0.717) is 23.4 Å². The molecule has 0 saturated heterocycles. The lowest BCUT2D eigenvalue weighted by Gasteiger charge is -2.05. The van der Waals surface area contributed by atoms with Crippen LogP contribution in [-0.4, -0.2) is 21.0 Å². The Morgan fingerprint density at radius 1 is 1.03 bits per heavy atom. The van der Waals surface area contributed by atoms with Crippen LogP contribution in [0.25, 0.3) is 32.9 Å². The second-order valence-corrected chi connectivity index (χ2v) is 7.54. The Hall–Kier alpha value is -3.84. The fourth-order valence-corrected chi connectivity index (χ4v) is 3.96. The van der Waals surface area contributed by atoms with Crippen LogP contribution in [0.3, 0.4) is 0 Å². The molecule has 1 N–H and O–H groups in total. The quantitative estimate of drug-likeness (QED) is 0.442. The molecule has 0 fully saturated rings. The van der Waals surface area contributed by atoms with Gasteiger partial charge < -0.3 is 9.84 Å². The lowest BCUT2D eigenvalue weighted by Crippen LogP contribution is -2.22. The summed E-state index contributed by atoms with van der Waals surface area (Å²) in [6.07, 6.45) is 3.41. The van der Waals surface area contributed by atoms with Gasteiger partial charge in [0.2, 0.25) is 0 Å². The van der Waals surface area contributed by atoms with Gasteiger partial charge in [0.1, 0.15) is 16.4 Å². The van der Waals surface area contributed by atoms with Gasteiger partial charge in [-0.05, 0) is 35.9 Å². The number of amides is 1. The molecule has 0 bridgehead atoms. The topological polar surface area (TPSA) is 80.9 Å². The predicted octanol–water partition coefficient (Wildman–Crippen LogP) is 4.94. The van der Waals surface area contributed by atoms with Crippen LogP contribution in [0.4, 0.5) is 0 Å². The van der Waals surface area contributed by atoms with Crippen molar-refractivity contribution in [1.29, 1.82) is 0 Å². The normalized spacial score (nSPS) is 10.9. The van der Waals surface area contributed by atoms with Crippen molar-refractivity contribution in [1.82, 2.24) is 20.4 Å². The first-order valence-electron chi connectivity index (χ1n) is 9.36. The maximum atomic E-state index is 12.6. The Balaban J connectivity index is 1.42. The van der Waals surface area contributed by atoms with Crippen molar-refractivity contribution < 1.29 is 9.32 Å². The summed E-state index contributed by atoms with van der Waals surface area (Å²) in [7, 11) is 0. The van der Waals surface area contributed by atoms with Crippen molar-refractivity contribution >= 4 is 28.2 Å². The summed E-state index contributed by atoms with van der Waals surface area (Å²) in [6, 6.07) is 19.0. The van der Waals surface area contributed by atoms with Gasteiger partial charge in [-0.2, -0.15) is 0 Å². The van der Waals surface area contributed by atoms with Crippen LogP contribution in [-0.2, 0) is 6.54 Å². The maximum absolute atomic E-state index is 12.6. The van der Waals surface area contributed by atoms with Gasteiger partial charge in [-0.3, -0.25) is 9.78 Å². The molecule has 7 heteroatoms. The summed E-state index contributed by atoms with van der Waals surface area (Å²) in [5.74, 6) is -0.163. The van der Waals surface area contributed by atoms with Gasteiger partial charge >= 0.3 is 0 Å². The number of nitrogens with zero attached hydrogens (tertiary/aromatic N) is 3. The molecule has 30 heavy (non-hydrogen) atoms. The van der Waals surface area contributed by atoms with E-state index >= 15 is 0 Å². The highest BCUT2D eigenvalue weighted by Crippen LogP contribution is 2.32. The zero-order valence-corrected chi connectivity index (χ0v) is 16.6. The number of nitrogens with one attached hydrogen (secondary N) is 1. The van der Waals surface area contributed by atoms with E-state index in [2.05, 4.69) is 15.5 Å². The Morgan fingerprint density at radius 3 is 2.70 bits per heavy atom. The van der Waals surface area contributed by atoms with E-state index in [1.807, 2.05) is 47.8 Å². The maximum Gasteiger partial charge on any atom is 0.251 e. The molecule has 3 heterocycles. The summed E-state index contributed by atoms with van der Waals surface area (Å²) in [5.41, 5.74) is 4.56. The molecular formula is C23H16N4O2S. The molecular weight excluding hydrogens is 396 g/mol.